The van der Waals surface area contributed by atoms with E-state index in [0.29, 0.717) is 23.5 Å². The van der Waals surface area contributed by atoms with E-state index in [2.05, 4.69) is 10.6 Å². The zero-order chi connectivity index (χ0) is 19.6. The smallest absolute Gasteiger partial charge is 0.229 e. The highest BCUT2D eigenvalue weighted by Gasteiger charge is 2.10. The molecule has 144 valence electrons. The van der Waals surface area contributed by atoms with Gasteiger partial charge in [-0.2, -0.15) is 0 Å². The van der Waals surface area contributed by atoms with Crippen LogP contribution in [0.3, 0.4) is 0 Å². The summed E-state index contributed by atoms with van der Waals surface area (Å²) in [4.78, 5) is 23.7. The third-order valence-electron chi connectivity index (χ3n) is 3.93. The van der Waals surface area contributed by atoms with Gasteiger partial charge in [0.2, 0.25) is 11.8 Å². The van der Waals surface area contributed by atoms with E-state index in [-0.39, 0.29) is 25.3 Å². The molecule has 2 N–H and O–H groups in total. The topological polar surface area (TPSA) is 76.7 Å². The summed E-state index contributed by atoms with van der Waals surface area (Å²) < 4.78 is 23.9. The molecule has 0 radical (unpaired) electrons. The molecule has 2 amide bonds. The fourth-order valence-corrected chi connectivity index (χ4v) is 2.50. The van der Waals surface area contributed by atoms with E-state index in [9.17, 15) is 14.0 Å². The van der Waals surface area contributed by atoms with Crippen LogP contribution < -0.4 is 20.1 Å². The highest BCUT2D eigenvalue weighted by atomic mass is 19.1. The first-order valence-corrected chi connectivity index (χ1v) is 8.51. The van der Waals surface area contributed by atoms with Crippen LogP contribution in [0.15, 0.2) is 42.5 Å². The van der Waals surface area contributed by atoms with Gasteiger partial charge < -0.3 is 20.1 Å². The number of benzene rings is 2. The Hall–Kier alpha value is -3.09. The highest BCUT2D eigenvalue weighted by molar-refractivity contribution is 5.96. The standard InChI is InChI=1S/C20H23FN2O4/c1-26-17-8-7-14(11-18(17)27-2)13-23-20(25)12-19(24)22-10-9-15-5-3-4-6-16(15)21/h3-8,11H,9-10,12-13H2,1-2H3,(H,22,24)(H,23,25). The maximum absolute atomic E-state index is 13.5. The van der Waals surface area contributed by atoms with Crippen molar-refractivity contribution in [3.8, 4) is 11.5 Å². The van der Waals surface area contributed by atoms with Crippen molar-refractivity contribution in [3.05, 3.63) is 59.4 Å². The molecule has 0 unspecified atom stereocenters. The lowest BCUT2D eigenvalue weighted by Gasteiger charge is -2.10. The first-order chi connectivity index (χ1) is 13.0. The van der Waals surface area contributed by atoms with Crippen LogP contribution in [-0.2, 0) is 22.6 Å². The molecule has 6 nitrogen and oxygen atoms in total. The van der Waals surface area contributed by atoms with Crippen molar-refractivity contribution in [2.24, 2.45) is 0 Å². The summed E-state index contributed by atoms with van der Waals surface area (Å²) in [6.45, 7) is 0.532. The summed E-state index contributed by atoms with van der Waals surface area (Å²) in [6, 6.07) is 11.7. The Labute approximate surface area is 157 Å². The number of hydrogen-bond acceptors (Lipinski definition) is 4. The van der Waals surface area contributed by atoms with Gasteiger partial charge in [-0.3, -0.25) is 9.59 Å². The van der Waals surface area contributed by atoms with Crippen LogP contribution in [-0.4, -0.2) is 32.6 Å². The van der Waals surface area contributed by atoms with Crippen LogP contribution in [0.25, 0.3) is 0 Å². The maximum Gasteiger partial charge on any atom is 0.229 e. The van der Waals surface area contributed by atoms with Crippen molar-refractivity contribution in [1.29, 1.82) is 0 Å². The Kier molecular flexibility index (Phi) is 7.61. The Bertz CT molecular complexity index is 795. The Morgan fingerprint density at radius 3 is 2.37 bits per heavy atom. The monoisotopic (exact) mass is 374 g/mol. The number of ether oxygens (including phenoxy) is 2. The van der Waals surface area contributed by atoms with Gasteiger partial charge in [-0.05, 0) is 35.7 Å². The largest absolute Gasteiger partial charge is 0.493 e. The average Bonchev–Trinajstić information content (AvgIpc) is 2.67. The summed E-state index contributed by atoms with van der Waals surface area (Å²) in [7, 11) is 3.08. The zero-order valence-corrected chi connectivity index (χ0v) is 15.4. The minimum atomic E-state index is -0.406. The van der Waals surface area contributed by atoms with Crippen molar-refractivity contribution in [3.63, 3.8) is 0 Å². The summed E-state index contributed by atoms with van der Waals surface area (Å²) in [6.07, 6.45) is 0.0796. The zero-order valence-electron chi connectivity index (χ0n) is 15.4. The van der Waals surface area contributed by atoms with Crippen LogP contribution in [0, 0.1) is 5.82 Å². The van der Waals surface area contributed by atoms with Gasteiger partial charge >= 0.3 is 0 Å². The average molecular weight is 374 g/mol. The lowest BCUT2D eigenvalue weighted by atomic mass is 10.1. The third kappa shape index (κ3) is 6.29. The van der Waals surface area contributed by atoms with E-state index in [1.54, 1.807) is 43.5 Å². The third-order valence-corrected chi connectivity index (χ3v) is 3.93. The molecular formula is C20H23FN2O4. The van der Waals surface area contributed by atoms with Gasteiger partial charge in [0.15, 0.2) is 11.5 Å². The minimum Gasteiger partial charge on any atom is -0.493 e. The fraction of sp³-hybridized carbons (Fsp3) is 0.300. The number of rotatable bonds is 9. The van der Waals surface area contributed by atoms with Gasteiger partial charge in [0, 0.05) is 13.1 Å². The van der Waals surface area contributed by atoms with E-state index in [1.165, 1.54) is 13.2 Å². The molecular weight excluding hydrogens is 351 g/mol. The van der Waals surface area contributed by atoms with Gasteiger partial charge in [0.1, 0.15) is 12.2 Å². The molecule has 0 spiro atoms. The van der Waals surface area contributed by atoms with Crippen LogP contribution >= 0.6 is 0 Å². The molecule has 0 aliphatic heterocycles. The number of carbonyl (C=O) groups excluding carboxylic acids is 2. The molecule has 2 rings (SSSR count). The summed E-state index contributed by atoms with van der Waals surface area (Å²) in [5.41, 5.74) is 1.34. The van der Waals surface area contributed by atoms with Crippen molar-refractivity contribution in [2.75, 3.05) is 20.8 Å². The van der Waals surface area contributed by atoms with Crippen molar-refractivity contribution in [1.82, 2.24) is 10.6 Å². The Morgan fingerprint density at radius 2 is 1.67 bits per heavy atom. The molecule has 7 heteroatoms. The lowest BCUT2D eigenvalue weighted by Crippen LogP contribution is -2.32. The Morgan fingerprint density at radius 1 is 0.963 bits per heavy atom. The molecule has 2 aromatic rings. The molecule has 0 saturated heterocycles. The SMILES string of the molecule is COc1ccc(CNC(=O)CC(=O)NCCc2ccccc2F)cc1OC. The second-order valence-corrected chi connectivity index (χ2v) is 5.83. The molecule has 27 heavy (non-hydrogen) atoms. The van der Waals surface area contributed by atoms with E-state index >= 15 is 0 Å². The summed E-state index contributed by atoms with van der Waals surface area (Å²) in [5.74, 6) is 0.0562. The predicted molar refractivity (Wildman–Crippen MR) is 99.1 cm³/mol. The second-order valence-electron chi connectivity index (χ2n) is 5.83. The van der Waals surface area contributed by atoms with Crippen LogP contribution in [0.5, 0.6) is 11.5 Å². The molecule has 0 heterocycles. The molecule has 2 aromatic carbocycles. The van der Waals surface area contributed by atoms with Gasteiger partial charge in [0.25, 0.3) is 0 Å². The van der Waals surface area contributed by atoms with Gasteiger partial charge in [-0.15, -0.1) is 0 Å². The molecule has 0 aliphatic carbocycles. The summed E-state index contributed by atoms with van der Waals surface area (Å²) >= 11 is 0. The van der Waals surface area contributed by atoms with E-state index in [4.69, 9.17) is 9.47 Å². The normalized spacial score (nSPS) is 10.2. The fourth-order valence-electron chi connectivity index (χ4n) is 2.50. The molecule has 0 saturated carbocycles. The van der Waals surface area contributed by atoms with E-state index in [0.717, 1.165) is 5.56 Å². The van der Waals surface area contributed by atoms with Gasteiger partial charge in [0.05, 0.1) is 14.2 Å². The maximum atomic E-state index is 13.5. The van der Waals surface area contributed by atoms with Gasteiger partial charge in [-0.25, -0.2) is 4.39 Å². The quantitative estimate of drug-likeness (QED) is 0.660. The molecule has 0 atom stereocenters. The first kappa shape index (κ1) is 20.2. The molecule has 0 fully saturated rings. The minimum absolute atomic E-state index is 0.266. The molecule has 0 aromatic heterocycles. The number of methoxy groups -OCH3 is 2. The number of nitrogens with one attached hydrogen (secondary N) is 2. The van der Waals surface area contributed by atoms with E-state index < -0.39 is 11.8 Å². The number of hydrogen-bond donors (Lipinski definition) is 2. The summed E-state index contributed by atoms with van der Waals surface area (Å²) in [5, 5.41) is 5.30. The molecule has 0 bridgehead atoms. The first-order valence-electron chi connectivity index (χ1n) is 8.51. The number of halogens is 1. The highest BCUT2D eigenvalue weighted by Crippen LogP contribution is 2.27. The van der Waals surface area contributed by atoms with Crippen molar-refractivity contribution >= 4 is 11.8 Å². The second kappa shape index (κ2) is 10.2. The predicted octanol–water partition coefficient (Wildman–Crippen LogP) is 2.21. The number of carbonyl (C=O) groups is 2. The van der Waals surface area contributed by atoms with Crippen LogP contribution in [0.1, 0.15) is 17.5 Å². The number of amides is 2. The van der Waals surface area contributed by atoms with Crippen LogP contribution in [0.2, 0.25) is 0 Å². The van der Waals surface area contributed by atoms with Crippen LogP contribution in [0.4, 0.5) is 4.39 Å². The lowest BCUT2D eigenvalue weighted by molar-refractivity contribution is -0.129. The van der Waals surface area contributed by atoms with Crippen molar-refractivity contribution in [2.45, 2.75) is 19.4 Å². The van der Waals surface area contributed by atoms with Crippen molar-refractivity contribution < 1.29 is 23.5 Å². The molecule has 0 aliphatic rings. The van der Waals surface area contributed by atoms with Gasteiger partial charge in [-0.1, -0.05) is 24.3 Å². The Balaban J connectivity index is 1.73. The van der Waals surface area contributed by atoms with E-state index in [1.807, 2.05) is 0 Å².